The lowest BCUT2D eigenvalue weighted by molar-refractivity contribution is 0.290. The minimum absolute atomic E-state index is 0.236. The van der Waals surface area contributed by atoms with E-state index in [0.29, 0.717) is 5.02 Å². The second-order valence-corrected chi connectivity index (χ2v) is 5.24. The highest BCUT2D eigenvalue weighted by molar-refractivity contribution is 6.30. The van der Waals surface area contributed by atoms with Gasteiger partial charge in [-0.1, -0.05) is 35.9 Å². The third-order valence-electron chi connectivity index (χ3n) is 3.20. The molecular formula is C18H13ClFNO. The molecule has 0 bridgehead atoms. The average molecular weight is 314 g/mol. The van der Waals surface area contributed by atoms with Gasteiger partial charge in [0.15, 0.2) is 11.6 Å². The van der Waals surface area contributed by atoms with Gasteiger partial charge in [-0.05, 0) is 35.9 Å². The van der Waals surface area contributed by atoms with E-state index in [1.54, 1.807) is 30.6 Å². The second kappa shape index (κ2) is 6.58. The summed E-state index contributed by atoms with van der Waals surface area (Å²) in [4.78, 5) is 4.21. The molecule has 0 atom stereocenters. The molecule has 0 radical (unpaired) electrons. The summed E-state index contributed by atoms with van der Waals surface area (Å²) in [6, 6.07) is 15.8. The zero-order chi connectivity index (χ0) is 15.4. The van der Waals surface area contributed by atoms with Crippen molar-refractivity contribution in [2.75, 3.05) is 0 Å². The summed E-state index contributed by atoms with van der Waals surface area (Å²) < 4.78 is 19.0. The highest BCUT2D eigenvalue weighted by Gasteiger charge is 2.04. The molecule has 0 saturated heterocycles. The number of pyridine rings is 1. The standard InChI is InChI=1S/C18H13ClFNO/c19-16-7-5-14(6-8-16)15-9-13(10-21-11-15)12-22-18-4-2-1-3-17(18)20/h1-11H,12H2. The third kappa shape index (κ3) is 3.43. The van der Waals surface area contributed by atoms with Crippen LogP contribution in [0.5, 0.6) is 5.75 Å². The minimum atomic E-state index is -0.371. The topological polar surface area (TPSA) is 22.1 Å². The Labute approximate surface area is 133 Å². The number of hydrogen-bond acceptors (Lipinski definition) is 2. The molecule has 4 heteroatoms. The lowest BCUT2D eigenvalue weighted by atomic mass is 10.1. The van der Waals surface area contributed by atoms with Gasteiger partial charge < -0.3 is 4.74 Å². The van der Waals surface area contributed by atoms with Crippen LogP contribution in [0.3, 0.4) is 0 Å². The first kappa shape index (κ1) is 14.5. The van der Waals surface area contributed by atoms with Crippen LogP contribution < -0.4 is 4.74 Å². The maximum atomic E-state index is 13.5. The summed E-state index contributed by atoms with van der Waals surface area (Å²) in [7, 11) is 0. The quantitative estimate of drug-likeness (QED) is 0.667. The molecule has 1 heterocycles. The van der Waals surface area contributed by atoms with Gasteiger partial charge >= 0.3 is 0 Å². The van der Waals surface area contributed by atoms with Crippen molar-refractivity contribution in [2.24, 2.45) is 0 Å². The van der Waals surface area contributed by atoms with Crippen molar-refractivity contribution in [1.29, 1.82) is 0 Å². The first-order chi connectivity index (χ1) is 10.7. The minimum Gasteiger partial charge on any atom is -0.486 e. The number of rotatable bonds is 4. The molecule has 0 amide bonds. The molecule has 1 aromatic heterocycles. The van der Waals surface area contributed by atoms with Crippen LogP contribution >= 0.6 is 11.6 Å². The summed E-state index contributed by atoms with van der Waals surface area (Å²) >= 11 is 5.89. The Morgan fingerprint density at radius 1 is 0.955 bits per heavy atom. The van der Waals surface area contributed by atoms with Crippen molar-refractivity contribution in [3.8, 4) is 16.9 Å². The fourth-order valence-electron chi connectivity index (χ4n) is 2.09. The predicted octanol–water partition coefficient (Wildman–Crippen LogP) is 5.12. The largest absolute Gasteiger partial charge is 0.486 e. The van der Waals surface area contributed by atoms with Gasteiger partial charge in [0.2, 0.25) is 0 Å². The van der Waals surface area contributed by atoms with E-state index in [0.717, 1.165) is 16.7 Å². The van der Waals surface area contributed by atoms with Crippen LogP contribution in [0.15, 0.2) is 67.0 Å². The van der Waals surface area contributed by atoms with Crippen molar-refractivity contribution in [3.63, 3.8) is 0 Å². The summed E-state index contributed by atoms with van der Waals surface area (Å²) in [5.41, 5.74) is 2.85. The predicted molar refractivity (Wildman–Crippen MR) is 85.4 cm³/mol. The lowest BCUT2D eigenvalue weighted by Gasteiger charge is -2.08. The average Bonchev–Trinajstić information content (AvgIpc) is 2.55. The van der Waals surface area contributed by atoms with Crippen molar-refractivity contribution >= 4 is 11.6 Å². The number of aromatic nitrogens is 1. The van der Waals surface area contributed by atoms with Crippen LogP contribution in [0, 0.1) is 5.82 Å². The van der Waals surface area contributed by atoms with Gasteiger partial charge in [0.1, 0.15) is 6.61 Å². The first-order valence-corrected chi connectivity index (χ1v) is 7.17. The highest BCUT2D eigenvalue weighted by atomic mass is 35.5. The van der Waals surface area contributed by atoms with Gasteiger partial charge in [0.05, 0.1) is 0 Å². The fraction of sp³-hybridized carbons (Fsp3) is 0.0556. The van der Waals surface area contributed by atoms with E-state index in [4.69, 9.17) is 16.3 Å². The van der Waals surface area contributed by atoms with E-state index in [1.807, 2.05) is 30.3 Å². The van der Waals surface area contributed by atoms with Crippen LogP contribution in [0.2, 0.25) is 5.02 Å². The smallest absolute Gasteiger partial charge is 0.165 e. The number of para-hydroxylation sites is 1. The molecule has 110 valence electrons. The Morgan fingerprint density at radius 3 is 2.50 bits per heavy atom. The molecular weight excluding hydrogens is 301 g/mol. The van der Waals surface area contributed by atoms with Crippen molar-refractivity contribution < 1.29 is 9.13 Å². The van der Waals surface area contributed by atoms with Crippen LogP contribution in [0.4, 0.5) is 4.39 Å². The van der Waals surface area contributed by atoms with Crippen molar-refractivity contribution in [3.05, 3.63) is 83.4 Å². The second-order valence-electron chi connectivity index (χ2n) is 4.81. The Bertz CT molecular complexity index is 774. The highest BCUT2D eigenvalue weighted by Crippen LogP contribution is 2.22. The van der Waals surface area contributed by atoms with Gasteiger partial charge in [-0.3, -0.25) is 4.98 Å². The number of nitrogens with zero attached hydrogens (tertiary/aromatic N) is 1. The maximum Gasteiger partial charge on any atom is 0.165 e. The maximum absolute atomic E-state index is 13.5. The summed E-state index contributed by atoms with van der Waals surface area (Å²) in [6.07, 6.45) is 3.48. The van der Waals surface area contributed by atoms with E-state index in [1.165, 1.54) is 6.07 Å². The molecule has 0 unspecified atom stereocenters. The molecule has 3 aromatic rings. The molecule has 0 aliphatic heterocycles. The molecule has 2 aromatic carbocycles. The first-order valence-electron chi connectivity index (χ1n) is 6.79. The molecule has 2 nitrogen and oxygen atoms in total. The Balaban J connectivity index is 1.77. The number of halogens is 2. The van der Waals surface area contributed by atoms with Gasteiger partial charge in [-0.2, -0.15) is 0 Å². The van der Waals surface area contributed by atoms with Crippen LogP contribution in [-0.2, 0) is 6.61 Å². The van der Waals surface area contributed by atoms with Crippen molar-refractivity contribution in [2.45, 2.75) is 6.61 Å². The monoisotopic (exact) mass is 313 g/mol. The normalized spacial score (nSPS) is 10.5. The lowest BCUT2D eigenvalue weighted by Crippen LogP contribution is -1.98. The van der Waals surface area contributed by atoms with E-state index in [9.17, 15) is 4.39 Å². The molecule has 3 rings (SSSR count). The van der Waals surface area contributed by atoms with E-state index in [-0.39, 0.29) is 18.2 Å². The SMILES string of the molecule is Fc1ccccc1OCc1cncc(-c2ccc(Cl)cc2)c1. The zero-order valence-corrected chi connectivity index (χ0v) is 12.4. The Morgan fingerprint density at radius 2 is 1.73 bits per heavy atom. The molecule has 0 fully saturated rings. The number of hydrogen-bond donors (Lipinski definition) is 0. The summed E-state index contributed by atoms with van der Waals surface area (Å²) in [5.74, 6) is -0.135. The molecule has 22 heavy (non-hydrogen) atoms. The van der Waals surface area contributed by atoms with E-state index < -0.39 is 0 Å². The Hall–Kier alpha value is -2.39. The van der Waals surface area contributed by atoms with Gasteiger partial charge in [0, 0.05) is 28.5 Å². The van der Waals surface area contributed by atoms with Crippen LogP contribution in [-0.4, -0.2) is 4.98 Å². The van der Waals surface area contributed by atoms with Gasteiger partial charge in [0.25, 0.3) is 0 Å². The number of benzene rings is 2. The molecule has 0 N–H and O–H groups in total. The summed E-state index contributed by atoms with van der Waals surface area (Å²) in [5, 5.41) is 0.691. The zero-order valence-electron chi connectivity index (χ0n) is 11.7. The number of ether oxygens (including phenoxy) is 1. The third-order valence-corrected chi connectivity index (χ3v) is 3.46. The van der Waals surface area contributed by atoms with Gasteiger partial charge in [-0.15, -0.1) is 0 Å². The van der Waals surface area contributed by atoms with Gasteiger partial charge in [-0.25, -0.2) is 4.39 Å². The van der Waals surface area contributed by atoms with Crippen LogP contribution in [0.1, 0.15) is 5.56 Å². The van der Waals surface area contributed by atoms with E-state index in [2.05, 4.69) is 4.98 Å². The van der Waals surface area contributed by atoms with Crippen molar-refractivity contribution in [1.82, 2.24) is 4.98 Å². The van der Waals surface area contributed by atoms with E-state index >= 15 is 0 Å². The summed E-state index contributed by atoms with van der Waals surface area (Å²) in [6.45, 7) is 0.259. The fourth-order valence-corrected chi connectivity index (χ4v) is 2.22. The molecule has 0 spiro atoms. The molecule has 0 aliphatic carbocycles. The molecule has 0 saturated carbocycles. The molecule has 0 aliphatic rings. The Kier molecular flexibility index (Phi) is 4.35. The van der Waals surface area contributed by atoms with Crippen LogP contribution in [0.25, 0.3) is 11.1 Å².